The highest BCUT2D eigenvalue weighted by Crippen LogP contribution is 2.25. The number of likely N-dealkylation sites (tertiary alicyclic amines) is 1. The van der Waals surface area contributed by atoms with Gasteiger partial charge in [-0.2, -0.15) is 0 Å². The van der Waals surface area contributed by atoms with Crippen molar-refractivity contribution in [3.63, 3.8) is 0 Å². The topological polar surface area (TPSA) is 58.4 Å². The van der Waals surface area contributed by atoms with E-state index in [1.807, 2.05) is 11.9 Å². The zero-order valence-corrected chi connectivity index (χ0v) is 17.3. The van der Waals surface area contributed by atoms with Crippen molar-refractivity contribution < 1.29 is 18.0 Å². The molecule has 1 saturated heterocycles. The fourth-order valence-corrected chi connectivity index (χ4v) is 3.29. The van der Waals surface area contributed by atoms with Crippen LogP contribution in [0.3, 0.4) is 0 Å². The number of amides is 1. The van der Waals surface area contributed by atoms with Crippen LogP contribution in [0.4, 0.5) is 8.78 Å². The molecule has 1 N–H and O–H groups in total. The lowest BCUT2D eigenvalue weighted by molar-refractivity contribution is -0.132. The van der Waals surface area contributed by atoms with Crippen molar-refractivity contribution in [3.05, 3.63) is 41.9 Å². The molecule has 1 fully saturated rings. The van der Waals surface area contributed by atoms with Crippen LogP contribution in [0.25, 0.3) is 11.3 Å². The van der Waals surface area contributed by atoms with Gasteiger partial charge in [-0.3, -0.25) is 4.79 Å². The Bertz CT molecular complexity index is 765. The van der Waals surface area contributed by atoms with Crippen LogP contribution in [-0.4, -0.2) is 42.5 Å². The van der Waals surface area contributed by atoms with Crippen LogP contribution in [0.5, 0.6) is 0 Å². The van der Waals surface area contributed by atoms with E-state index >= 15 is 0 Å². The Labute approximate surface area is 175 Å². The molecule has 0 bridgehead atoms. The van der Waals surface area contributed by atoms with Crippen LogP contribution in [0.1, 0.15) is 25.2 Å². The molecule has 9 heteroatoms. The van der Waals surface area contributed by atoms with Crippen molar-refractivity contribution in [1.82, 2.24) is 15.2 Å². The molecule has 0 unspecified atom stereocenters. The molecule has 3 rings (SSSR count). The number of carbonyl (C=O) groups excluding carboxylic acids is 1. The first-order valence-corrected chi connectivity index (χ1v) is 8.89. The molecule has 156 valence electrons. The Morgan fingerprint density at radius 2 is 2.00 bits per heavy atom. The van der Waals surface area contributed by atoms with E-state index in [4.69, 9.17) is 4.42 Å². The van der Waals surface area contributed by atoms with Crippen LogP contribution >= 0.6 is 24.8 Å². The second kappa shape index (κ2) is 11.3. The van der Waals surface area contributed by atoms with Crippen LogP contribution in [0.2, 0.25) is 0 Å². The first kappa shape index (κ1) is 24.3. The molecule has 0 radical (unpaired) electrons. The number of nitrogens with zero attached hydrogens (tertiary/aromatic N) is 2. The van der Waals surface area contributed by atoms with E-state index in [2.05, 4.69) is 10.3 Å². The number of aryl methyl sites for hydroxylation is 1. The second-order valence-electron chi connectivity index (χ2n) is 6.62. The third-order valence-corrected chi connectivity index (χ3v) is 4.76. The van der Waals surface area contributed by atoms with E-state index in [1.54, 1.807) is 0 Å². The summed E-state index contributed by atoms with van der Waals surface area (Å²) in [5.41, 5.74) is 0.156. The van der Waals surface area contributed by atoms with Crippen LogP contribution in [-0.2, 0) is 11.2 Å². The summed E-state index contributed by atoms with van der Waals surface area (Å²) in [7, 11) is 1.94. The standard InChI is InChI=1S/C19H23F2N3O2.2ClH/c1-22-11-13-6-8-24(9-7-13)19(25)5-4-18-23-12-17(26-18)15-3-2-14(20)10-16(15)21;;/h2-3,10,12-13,22H,4-9,11H2,1H3;2*1H. The van der Waals surface area contributed by atoms with Crippen LogP contribution < -0.4 is 5.32 Å². The van der Waals surface area contributed by atoms with Gasteiger partial charge in [-0.05, 0) is 44.5 Å². The van der Waals surface area contributed by atoms with Crippen molar-refractivity contribution in [3.8, 4) is 11.3 Å². The molecule has 0 atom stereocenters. The smallest absolute Gasteiger partial charge is 0.223 e. The lowest BCUT2D eigenvalue weighted by atomic mass is 9.96. The van der Waals surface area contributed by atoms with Gasteiger partial charge in [0.15, 0.2) is 11.7 Å². The lowest BCUT2D eigenvalue weighted by Gasteiger charge is -2.32. The highest BCUT2D eigenvalue weighted by molar-refractivity contribution is 5.85. The molecule has 28 heavy (non-hydrogen) atoms. The van der Waals surface area contributed by atoms with Crippen LogP contribution in [0, 0.1) is 17.6 Å². The SMILES string of the molecule is CNCC1CCN(C(=O)CCc2ncc(-c3ccc(F)cc3F)o2)CC1.Cl.Cl. The van der Waals surface area contributed by atoms with Gasteiger partial charge in [0, 0.05) is 32.0 Å². The van der Waals surface area contributed by atoms with Crippen molar-refractivity contribution >= 4 is 30.7 Å². The van der Waals surface area contributed by atoms with E-state index in [1.165, 1.54) is 18.3 Å². The van der Waals surface area contributed by atoms with Gasteiger partial charge in [-0.25, -0.2) is 13.8 Å². The molecule has 0 saturated carbocycles. The highest BCUT2D eigenvalue weighted by atomic mass is 35.5. The van der Waals surface area contributed by atoms with Crippen molar-refractivity contribution in [1.29, 1.82) is 0 Å². The number of halogens is 4. The Balaban J connectivity index is 0.00000196. The largest absolute Gasteiger partial charge is 0.441 e. The summed E-state index contributed by atoms with van der Waals surface area (Å²) in [6, 6.07) is 3.29. The minimum Gasteiger partial charge on any atom is -0.441 e. The van der Waals surface area contributed by atoms with E-state index in [-0.39, 0.29) is 42.0 Å². The quantitative estimate of drug-likeness (QED) is 0.748. The maximum atomic E-state index is 13.8. The van der Waals surface area contributed by atoms with Crippen molar-refractivity contribution in [2.24, 2.45) is 5.92 Å². The number of oxazole rings is 1. The molecule has 0 aliphatic carbocycles. The molecule has 1 aromatic heterocycles. The maximum absolute atomic E-state index is 13.8. The number of aromatic nitrogens is 1. The summed E-state index contributed by atoms with van der Waals surface area (Å²) in [6.07, 6.45) is 4.10. The Kier molecular flexibility index (Phi) is 9.85. The van der Waals surface area contributed by atoms with Gasteiger partial charge in [0.1, 0.15) is 11.6 Å². The molecule has 1 aliphatic heterocycles. The Morgan fingerprint density at radius 3 is 2.64 bits per heavy atom. The summed E-state index contributed by atoms with van der Waals surface area (Å²) >= 11 is 0. The van der Waals surface area contributed by atoms with Gasteiger partial charge >= 0.3 is 0 Å². The van der Waals surface area contributed by atoms with E-state index in [0.29, 0.717) is 24.7 Å². The summed E-state index contributed by atoms with van der Waals surface area (Å²) in [4.78, 5) is 18.3. The number of rotatable bonds is 6. The number of nitrogens with one attached hydrogen (secondary N) is 1. The number of hydrogen-bond acceptors (Lipinski definition) is 4. The summed E-state index contributed by atoms with van der Waals surface area (Å²) in [5, 5.41) is 3.18. The van der Waals surface area contributed by atoms with Gasteiger partial charge in [0.05, 0.1) is 11.8 Å². The Hall–Kier alpha value is -1.70. The molecule has 1 aliphatic rings. The zero-order chi connectivity index (χ0) is 18.5. The minimum absolute atomic E-state index is 0. The summed E-state index contributed by atoms with van der Waals surface area (Å²) < 4.78 is 32.3. The van der Waals surface area contributed by atoms with E-state index in [0.717, 1.165) is 38.5 Å². The molecule has 0 spiro atoms. The number of hydrogen-bond donors (Lipinski definition) is 1. The summed E-state index contributed by atoms with van der Waals surface area (Å²) in [6.45, 7) is 2.55. The summed E-state index contributed by atoms with van der Waals surface area (Å²) in [5.74, 6) is -0.0205. The molecule has 2 heterocycles. The molecule has 2 aromatic rings. The van der Waals surface area contributed by atoms with Gasteiger partial charge in [-0.15, -0.1) is 24.8 Å². The fraction of sp³-hybridized carbons (Fsp3) is 0.474. The van der Waals surface area contributed by atoms with Crippen LogP contribution in [0.15, 0.2) is 28.8 Å². The average molecular weight is 436 g/mol. The highest BCUT2D eigenvalue weighted by Gasteiger charge is 2.22. The number of benzene rings is 1. The van der Waals surface area contributed by atoms with Gasteiger partial charge in [-0.1, -0.05) is 0 Å². The van der Waals surface area contributed by atoms with Gasteiger partial charge in [0.2, 0.25) is 5.91 Å². The third-order valence-electron chi connectivity index (χ3n) is 4.76. The predicted molar refractivity (Wildman–Crippen MR) is 108 cm³/mol. The predicted octanol–water partition coefficient (Wildman–Crippen LogP) is 3.85. The van der Waals surface area contributed by atoms with Gasteiger partial charge in [0.25, 0.3) is 0 Å². The van der Waals surface area contributed by atoms with E-state index in [9.17, 15) is 13.6 Å². The first-order valence-electron chi connectivity index (χ1n) is 8.89. The lowest BCUT2D eigenvalue weighted by Crippen LogP contribution is -2.40. The zero-order valence-electron chi connectivity index (χ0n) is 15.6. The van der Waals surface area contributed by atoms with Crippen molar-refractivity contribution in [2.75, 3.05) is 26.7 Å². The molecule has 1 aromatic carbocycles. The third kappa shape index (κ3) is 6.15. The normalized spacial score (nSPS) is 14.3. The monoisotopic (exact) mass is 435 g/mol. The fourth-order valence-electron chi connectivity index (χ4n) is 3.29. The molecular formula is C19H25Cl2F2N3O2. The minimum atomic E-state index is -0.701. The average Bonchev–Trinajstić information content (AvgIpc) is 3.09. The van der Waals surface area contributed by atoms with E-state index < -0.39 is 11.6 Å². The molecule has 5 nitrogen and oxygen atoms in total. The first-order chi connectivity index (χ1) is 12.6. The van der Waals surface area contributed by atoms with Gasteiger partial charge < -0.3 is 14.6 Å². The number of piperidine rings is 1. The Morgan fingerprint density at radius 1 is 1.29 bits per heavy atom. The molecule has 1 amide bonds. The molecular weight excluding hydrogens is 411 g/mol. The maximum Gasteiger partial charge on any atom is 0.223 e. The second-order valence-corrected chi connectivity index (χ2v) is 6.62. The van der Waals surface area contributed by atoms with Crippen molar-refractivity contribution in [2.45, 2.75) is 25.7 Å². The number of carbonyl (C=O) groups is 1.